The first-order chi connectivity index (χ1) is 14.1. The number of hydrogen-bond donors (Lipinski definition) is 2. The molecule has 1 aromatic carbocycles. The van der Waals surface area contributed by atoms with Gasteiger partial charge in [-0.2, -0.15) is 5.26 Å². The van der Waals surface area contributed by atoms with Gasteiger partial charge in [-0.05, 0) is 36.6 Å². The van der Waals surface area contributed by atoms with Crippen LogP contribution in [0.4, 0.5) is 5.69 Å². The first kappa shape index (κ1) is 20.7. The Morgan fingerprint density at radius 2 is 2.24 bits per heavy atom. The highest BCUT2D eigenvalue weighted by Gasteiger charge is 2.27. The van der Waals surface area contributed by atoms with Gasteiger partial charge < -0.3 is 19.4 Å². The minimum absolute atomic E-state index is 0.163. The Bertz CT molecular complexity index is 980. The molecule has 0 aliphatic carbocycles. The predicted octanol–water partition coefficient (Wildman–Crippen LogP) is 1.73. The zero-order valence-corrected chi connectivity index (χ0v) is 17.0. The van der Waals surface area contributed by atoms with Crippen LogP contribution in [0.2, 0.25) is 0 Å². The van der Waals surface area contributed by atoms with Crippen molar-refractivity contribution in [2.75, 3.05) is 25.6 Å². The number of rotatable bonds is 9. The lowest BCUT2D eigenvalue weighted by Crippen LogP contribution is -3.15. The van der Waals surface area contributed by atoms with Crippen LogP contribution >= 0.6 is 11.3 Å². The average Bonchev–Trinajstić information content (AvgIpc) is 3.42. The van der Waals surface area contributed by atoms with Crippen molar-refractivity contribution in [2.45, 2.75) is 19.5 Å². The molecular weight excluding hydrogens is 390 g/mol. The van der Waals surface area contributed by atoms with E-state index in [0.29, 0.717) is 42.7 Å². The van der Waals surface area contributed by atoms with Crippen LogP contribution in [-0.4, -0.2) is 42.4 Å². The second-order valence-electron chi connectivity index (χ2n) is 6.46. The largest absolute Gasteiger partial charge is 0.414 e. The normalized spacial score (nSPS) is 12.9. The highest BCUT2D eigenvalue weighted by molar-refractivity contribution is 7.13. The molecule has 1 amide bonds. The number of thiophene rings is 1. The van der Waals surface area contributed by atoms with Crippen LogP contribution in [0, 0.1) is 11.3 Å². The standard InChI is InChI=1S/C20H21N5O3S/c1-14(19(26)22-16-6-3-5-15(11-16)12-21)25(8-9-27-2)13-18-23-24-20(28-18)17-7-4-10-29-17/h3-7,10-11,14H,8-9,13H2,1-2H3,(H,22,26)/p+1/t14-/m0/s1. The van der Waals surface area contributed by atoms with Crippen LogP contribution in [0.1, 0.15) is 18.4 Å². The highest BCUT2D eigenvalue weighted by Crippen LogP contribution is 2.22. The molecule has 0 aliphatic rings. The fraction of sp³-hybridized carbons (Fsp3) is 0.300. The number of ether oxygens (including phenoxy) is 1. The van der Waals surface area contributed by atoms with E-state index in [4.69, 9.17) is 14.4 Å². The van der Waals surface area contributed by atoms with Gasteiger partial charge in [0.25, 0.3) is 17.7 Å². The van der Waals surface area contributed by atoms with Crippen molar-refractivity contribution in [1.82, 2.24) is 10.2 Å². The summed E-state index contributed by atoms with van der Waals surface area (Å²) >= 11 is 1.53. The van der Waals surface area contributed by atoms with Gasteiger partial charge in [0.1, 0.15) is 6.54 Å². The number of methoxy groups -OCH3 is 1. The van der Waals surface area contributed by atoms with E-state index >= 15 is 0 Å². The smallest absolute Gasteiger partial charge is 0.282 e. The number of carbonyl (C=O) groups is 1. The van der Waals surface area contributed by atoms with Gasteiger partial charge in [-0.25, -0.2) is 0 Å². The number of carbonyl (C=O) groups excluding carboxylic acids is 1. The number of nitriles is 1. The van der Waals surface area contributed by atoms with Crippen molar-refractivity contribution in [2.24, 2.45) is 0 Å². The van der Waals surface area contributed by atoms with Crippen LogP contribution in [0.25, 0.3) is 10.8 Å². The highest BCUT2D eigenvalue weighted by atomic mass is 32.1. The molecule has 1 unspecified atom stereocenters. The summed E-state index contributed by atoms with van der Waals surface area (Å²) < 4.78 is 11.0. The fourth-order valence-corrected chi connectivity index (χ4v) is 3.46. The quantitative estimate of drug-likeness (QED) is 0.555. The third kappa shape index (κ3) is 5.48. The van der Waals surface area contributed by atoms with Gasteiger partial charge in [0.15, 0.2) is 12.6 Å². The lowest BCUT2D eigenvalue weighted by atomic mass is 10.2. The van der Waals surface area contributed by atoms with Crippen molar-refractivity contribution in [3.05, 3.63) is 53.2 Å². The summed E-state index contributed by atoms with van der Waals surface area (Å²) in [6, 6.07) is 12.3. The molecule has 2 aromatic heterocycles. The minimum Gasteiger partial charge on any atom is -0.414 e. The molecule has 0 bridgehead atoms. The van der Waals surface area contributed by atoms with Crippen molar-refractivity contribution in [3.8, 4) is 16.8 Å². The number of nitrogens with one attached hydrogen (secondary N) is 2. The molecule has 2 atom stereocenters. The van der Waals surface area contributed by atoms with Gasteiger partial charge in [-0.15, -0.1) is 21.5 Å². The topological polar surface area (TPSA) is 105 Å². The third-order valence-corrected chi connectivity index (χ3v) is 5.33. The predicted molar refractivity (Wildman–Crippen MR) is 108 cm³/mol. The summed E-state index contributed by atoms with van der Waals surface area (Å²) in [6.07, 6.45) is 0. The van der Waals surface area contributed by atoms with Crippen LogP contribution in [0.5, 0.6) is 0 Å². The first-order valence-electron chi connectivity index (χ1n) is 9.11. The fourth-order valence-electron chi connectivity index (χ4n) is 2.81. The Labute approximate surface area is 172 Å². The van der Waals surface area contributed by atoms with Crippen LogP contribution < -0.4 is 10.2 Å². The van der Waals surface area contributed by atoms with E-state index in [1.54, 1.807) is 31.4 Å². The van der Waals surface area contributed by atoms with E-state index in [1.807, 2.05) is 24.4 Å². The lowest BCUT2D eigenvalue weighted by Gasteiger charge is -2.23. The Morgan fingerprint density at radius 3 is 2.97 bits per heavy atom. The maximum Gasteiger partial charge on any atom is 0.282 e. The molecular formula is C20H22N5O3S+. The number of amides is 1. The van der Waals surface area contributed by atoms with E-state index in [0.717, 1.165) is 9.78 Å². The van der Waals surface area contributed by atoms with Crippen molar-refractivity contribution in [3.63, 3.8) is 0 Å². The van der Waals surface area contributed by atoms with Gasteiger partial charge in [0.05, 0.1) is 23.1 Å². The molecule has 3 rings (SSSR count). The molecule has 0 saturated heterocycles. The van der Waals surface area contributed by atoms with Gasteiger partial charge >= 0.3 is 0 Å². The lowest BCUT2D eigenvalue weighted by molar-refractivity contribution is -0.929. The third-order valence-electron chi connectivity index (χ3n) is 4.47. The second-order valence-corrected chi connectivity index (χ2v) is 7.41. The summed E-state index contributed by atoms with van der Waals surface area (Å²) in [4.78, 5) is 14.6. The second kappa shape index (κ2) is 9.93. The Kier molecular flexibility index (Phi) is 7.08. The van der Waals surface area contributed by atoms with Crippen molar-refractivity contribution < 1.29 is 18.8 Å². The number of nitrogens with zero attached hydrogens (tertiary/aromatic N) is 3. The summed E-state index contributed by atoms with van der Waals surface area (Å²) in [5, 5.41) is 22.1. The summed E-state index contributed by atoms with van der Waals surface area (Å²) in [5.74, 6) is 0.779. The number of anilines is 1. The molecule has 0 fully saturated rings. The number of hydrogen-bond acceptors (Lipinski definition) is 7. The molecule has 0 aliphatic heterocycles. The molecule has 2 N–H and O–H groups in total. The Morgan fingerprint density at radius 1 is 1.38 bits per heavy atom. The van der Waals surface area contributed by atoms with E-state index in [1.165, 1.54) is 11.3 Å². The zero-order chi connectivity index (χ0) is 20.6. The molecule has 29 heavy (non-hydrogen) atoms. The van der Waals surface area contributed by atoms with Crippen LogP contribution in [-0.2, 0) is 16.1 Å². The number of quaternary nitrogens is 1. The van der Waals surface area contributed by atoms with E-state index in [2.05, 4.69) is 21.6 Å². The van der Waals surface area contributed by atoms with Gasteiger partial charge in [-0.1, -0.05) is 12.1 Å². The molecule has 9 heteroatoms. The summed E-state index contributed by atoms with van der Waals surface area (Å²) in [6.45, 7) is 3.32. The van der Waals surface area contributed by atoms with Crippen LogP contribution in [0.3, 0.4) is 0 Å². The molecule has 0 spiro atoms. The van der Waals surface area contributed by atoms with Gasteiger partial charge in [0, 0.05) is 12.8 Å². The monoisotopic (exact) mass is 412 g/mol. The number of aromatic nitrogens is 2. The van der Waals surface area contributed by atoms with E-state index in [-0.39, 0.29) is 5.91 Å². The molecule has 0 radical (unpaired) electrons. The maximum atomic E-state index is 12.8. The van der Waals surface area contributed by atoms with Crippen molar-refractivity contribution in [1.29, 1.82) is 5.26 Å². The van der Waals surface area contributed by atoms with E-state index < -0.39 is 6.04 Å². The molecule has 0 saturated carbocycles. The van der Waals surface area contributed by atoms with Crippen molar-refractivity contribution >= 4 is 22.9 Å². The number of benzene rings is 1. The Balaban J connectivity index is 1.69. The van der Waals surface area contributed by atoms with Gasteiger partial charge in [-0.3, -0.25) is 4.79 Å². The maximum absolute atomic E-state index is 12.8. The molecule has 8 nitrogen and oxygen atoms in total. The molecule has 3 aromatic rings. The molecule has 2 heterocycles. The Hall–Kier alpha value is -3.06. The van der Waals surface area contributed by atoms with Crippen LogP contribution in [0.15, 0.2) is 46.2 Å². The van der Waals surface area contributed by atoms with Gasteiger partial charge in [0.2, 0.25) is 0 Å². The zero-order valence-electron chi connectivity index (χ0n) is 16.2. The SMILES string of the molecule is COCC[NH+](Cc1nnc(-c2cccs2)o1)[C@@H](C)C(=O)Nc1cccc(C#N)c1. The van der Waals surface area contributed by atoms with E-state index in [9.17, 15) is 4.79 Å². The average molecular weight is 412 g/mol. The summed E-state index contributed by atoms with van der Waals surface area (Å²) in [5.41, 5.74) is 1.08. The summed E-state index contributed by atoms with van der Waals surface area (Å²) in [7, 11) is 1.62. The molecule has 150 valence electrons. The minimum atomic E-state index is -0.395. The first-order valence-corrected chi connectivity index (χ1v) is 9.99.